The van der Waals surface area contributed by atoms with E-state index in [-0.39, 0.29) is 17.7 Å². The van der Waals surface area contributed by atoms with Gasteiger partial charge in [-0.2, -0.15) is 0 Å². The Morgan fingerprint density at radius 2 is 1.93 bits per heavy atom. The van der Waals surface area contributed by atoms with Gasteiger partial charge >= 0.3 is 0 Å². The zero-order valence-corrected chi connectivity index (χ0v) is 17.5. The molecule has 1 unspecified atom stereocenters. The molecule has 152 valence electrons. The Morgan fingerprint density at radius 1 is 1.14 bits per heavy atom. The van der Waals surface area contributed by atoms with Crippen LogP contribution in [0.15, 0.2) is 59.8 Å². The molecule has 1 aromatic heterocycles. The van der Waals surface area contributed by atoms with Gasteiger partial charge in [-0.25, -0.2) is 0 Å². The number of methoxy groups -OCH3 is 2. The highest BCUT2D eigenvalue weighted by Crippen LogP contribution is 2.29. The van der Waals surface area contributed by atoms with Gasteiger partial charge in [0.05, 0.1) is 19.5 Å². The zero-order chi connectivity index (χ0) is 20.6. The van der Waals surface area contributed by atoms with E-state index in [1.165, 1.54) is 11.8 Å². The van der Waals surface area contributed by atoms with E-state index < -0.39 is 0 Å². The minimum atomic E-state index is -0.0786. The van der Waals surface area contributed by atoms with Crippen LogP contribution in [0.25, 0.3) is 17.1 Å². The summed E-state index contributed by atoms with van der Waals surface area (Å²) in [6.45, 7) is 2.37. The van der Waals surface area contributed by atoms with Crippen molar-refractivity contribution in [2.45, 2.75) is 18.1 Å². The third kappa shape index (κ3) is 5.36. The van der Waals surface area contributed by atoms with Crippen molar-refractivity contribution in [3.05, 3.63) is 54.6 Å². The van der Waals surface area contributed by atoms with Gasteiger partial charge in [-0.3, -0.25) is 9.36 Å². The van der Waals surface area contributed by atoms with E-state index in [2.05, 4.69) is 15.5 Å². The Labute approximate surface area is 174 Å². The summed E-state index contributed by atoms with van der Waals surface area (Å²) in [6.07, 6.45) is 0. The summed E-state index contributed by atoms with van der Waals surface area (Å²) in [5.74, 6) is 1.58. The van der Waals surface area contributed by atoms with E-state index in [0.29, 0.717) is 17.6 Å². The highest BCUT2D eigenvalue weighted by molar-refractivity contribution is 7.99. The minimum Gasteiger partial charge on any atom is -0.497 e. The third-order valence-corrected chi connectivity index (χ3v) is 5.06. The number of hydrogen-bond donors (Lipinski definition) is 1. The topological polar surface area (TPSA) is 78.3 Å². The number of ether oxygens (including phenoxy) is 2. The van der Waals surface area contributed by atoms with Crippen LogP contribution in [-0.2, 0) is 9.53 Å². The van der Waals surface area contributed by atoms with Gasteiger partial charge < -0.3 is 14.8 Å². The number of amides is 1. The highest BCUT2D eigenvalue weighted by Gasteiger charge is 2.18. The number of carbonyl (C=O) groups is 1. The number of nitrogens with one attached hydrogen (secondary N) is 1. The summed E-state index contributed by atoms with van der Waals surface area (Å²) in [5.41, 5.74) is 1.80. The zero-order valence-electron chi connectivity index (χ0n) is 16.7. The van der Waals surface area contributed by atoms with Gasteiger partial charge in [0, 0.05) is 24.4 Å². The maximum Gasteiger partial charge on any atom is 0.230 e. The van der Waals surface area contributed by atoms with Gasteiger partial charge in [-0.1, -0.05) is 42.1 Å². The second kappa shape index (κ2) is 10.1. The fourth-order valence-electron chi connectivity index (χ4n) is 2.86. The summed E-state index contributed by atoms with van der Waals surface area (Å²) in [5, 5.41) is 12.3. The molecule has 29 heavy (non-hydrogen) atoms. The molecule has 0 radical (unpaired) electrons. The van der Waals surface area contributed by atoms with E-state index in [9.17, 15) is 4.79 Å². The van der Waals surface area contributed by atoms with Gasteiger partial charge in [0.25, 0.3) is 0 Å². The van der Waals surface area contributed by atoms with E-state index >= 15 is 0 Å². The number of thioether (sulfide) groups is 1. The van der Waals surface area contributed by atoms with Crippen LogP contribution in [-0.4, -0.2) is 53.3 Å². The van der Waals surface area contributed by atoms with Crippen LogP contribution in [0.2, 0.25) is 0 Å². The summed E-state index contributed by atoms with van der Waals surface area (Å²) in [7, 11) is 3.24. The lowest BCUT2D eigenvalue weighted by Crippen LogP contribution is -2.36. The van der Waals surface area contributed by atoms with Gasteiger partial charge in [0.2, 0.25) is 5.91 Å². The van der Waals surface area contributed by atoms with Gasteiger partial charge in [0.1, 0.15) is 5.75 Å². The van der Waals surface area contributed by atoms with Crippen LogP contribution in [0.3, 0.4) is 0 Å². The summed E-state index contributed by atoms with van der Waals surface area (Å²) >= 11 is 1.34. The molecule has 7 nitrogen and oxygen atoms in total. The van der Waals surface area contributed by atoms with Crippen LogP contribution in [0, 0.1) is 0 Å². The molecule has 8 heteroatoms. The molecule has 0 aliphatic carbocycles. The molecule has 2 aromatic carbocycles. The second-order valence-electron chi connectivity index (χ2n) is 6.42. The number of rotatable bonds is 9. The number of carbonyl (C=O) groups excluding carboxylic acids is 1. The molecule has 0 spiro atoms. The van der Waals surface area contributed by atoms with Crippen molar-refractivity contribution < 1.29 is 14.3 Å². The Bertz CT molecular complexity index is 946. The molecular formula is C21H24N4O3S. The summed E-state index contributed by atoms with van der Waals surface area (Å²) < 4.78 is 12.3. The molecule has 1 heterocycles. The van der Waals surface area contributed by atoms with E-state index in [0.717, 1.165) is 17.0 Å². The van der Waals surface area contributed by atoms with E-state index in [4.69, 9.17) is 9.47 Å². The molecular weight excluding hydrogens is 388 g/mol. The molecule has 0 fully saturated rings. The quantitative estimate of drug-likeness (QED) is 0.544. The summed E-state index contributed by atoms with van der Waals surface area (Å²) in [6, 6.07) is 17.5. The van der Waals surface area contributed by atoms with Crippen molar-refractivity contribution in [2.75, 3.05) is 26.6 Å². The van der Waals surface area contributed by atoms with Crippen LogP contribution < -0.4 is 10.1 Å². The number of nitrogens with zero attached hydrogens (tertiary/aromatic N) is 3. The average molecular weight is 413 g/mol. The highest BCUT2D eigenvalue weighted by atomic mass is 32.2. The lowest BCUT2D eigenvalue weighted by molar-refractivity contribution is -0.119. The first-order valence-corrected chi connectivity index (χ1v) is 10.2. The largest absolute Gasteiger partial charge is 0.497 e. The lowest BCUT2D eigenvalue weighted by atomic mass is 10.2. The predicted molar refractivity (Wildman–Crippen MR) is 114 cm³/mol. The van der Waals surface area contributed by atoms with Crippen molar-refractivity contribution in [3.63, 3.8) is 0 Å². The second-order valence-corrected chi connectivity index (χ2v) is 7.36. The monoisotopic (exact) mass is 412 g/mol. The molecule has 1 amide bonds. The van der Waals surface area contributed by atoms with Gasteiger partial charge in [-0.05, 0) is 31.2 Å². The summed E-state index contributed by atoms with van der Waals surface area (Å²) in [4.78, 5) is 12.2. The van der Waals surface area contributed by atoms with Crippen LogP contribution in [0.5, 0.6) is 5.75 Å². The van der Waals surface area contributed by atoms with Crippen molar-refractivity contribution in [2.24, 2.45) is 0 Å². The molecule has 0 aliphatic rings. The molecule has 0 saturated heterocycles. The number of hydrogen-bond acceptors (Lipinski definition) is 6. The van der Waals surface area contributed by atoms with Gasteiger partial charge in [0.15, 0.2) is 11.0 Å². The van der Waals surface area contributed by atoms with Crippen LogP contribution in [0.4, 0.5) is 0 Å². The van der Waals surface area contributed by atoms with Crippen LogP contribution in [0.1, 0.15) is 6.92 Å². The molecule has 0 saturated carbocycles. The molecule has 3 aromatic rings. The normalized spacial score (nSPS) is 11.8. The Morgan fingerprint density at radius 3 is 2.66 bits per heavy atom. The SMILES string of the molecule is COCC(C)NC(=O)CSc1nnc(-c2cccc(OC)c2)n1-c1ccccc1. The van der Waals surface area contributed by atoms with Crippen molar-refractivity contribution in [3.8, 4) is 22.8 Å². The third-order valence-electron chi connectivity index (χ3n) is 4.13. The van der Waals surface area contributed by atoms with Gasteiger partial charge in [-0.15, -0.1) is 10.2 Å². The van der Waals surface area contributed by atoms with E-state index in [1.54, 1.807) is 14.2 Å². The predicted octanol–water partition coefficient (Wildman–Crippen LogP) is 3.19. The van der Waals surface area contributed by atoms with Crippen molar-refractivity contribution in [1.82, 2.24) is 20.1 Å². The smallest absolute Gasteiger partial charge is 0.230 e. The Kier molecular flexibility index (Phi) is 7.26. The molecule has 0 aliphatic heterocycles. The van der Waals surface area contributed by atoms with Crippen molar-refractivity contribution in [1.29, 1.82) is 0 Å². The molecule has 1 atom stereocenters. The van der Waals surface area contributed by atoms with E-state index in [1.807, 2.05) is 66.1 Å². The number of aromatic nitrogens is 3. The van der Waals surface area contributed by atoms with Crippen LogP contribution >= 0.6 is 11.8 Å². The first-order chi connectivity index (χ1) is 14.1. The van der Waals surface area contributed by atoms with Crippen molar-refractivity contribution >= 4 is 17.7 Å². The minimum absolute atomic E-state index is 0.0487. The first kappa shape index (κ1) is 20.9. The average Bonchev–Trinajstić information content (AvgIpc) is 3.17. The fourth-order valence-corrected chi connectivity index (χ4v) is 3.62. The lowest BCUT2D eigenvalue weighted by Gasteiger charge is -2.13. The number of benzene rings is 2. The molecule has 3 rings (SSSR count). The maximum atomic E-state index is 12.2. The Hall–Kier alpha value is -2.84. The fraction of sp³-hybridized carbons (Fsp3) is 0.286. The standard InChI is InChI=1S/C21H24N4O3S/c1-15(13-27-2)22-19(26)14-29-21-24-23-20(16-8-7-11-18(12-16)28-3)25(21)17-9-5-4-6-10-17/h4-12,15H,13-14H2,1-3H3,(H,22,26). The molecule has 0 bridgehead atoms. The first-order valence-electron chi connectivity index (χ1n) is 9.18. The molecule has 1 N–H and O–H groups in total. The maximum absolute atomic E-state index is 12.2. The Balaban J connectivity index is 1.88. The number of para-hydroxylation sites is 1.